The molecule has 1 aliphatic carbocycles. The first-order chi connectivity index (χ1) is 7.42. The van der Waals surface area contributed by atoms with E-state index in [4.69, 9.17) is 11.6 Å². The molecule has 16 heavy (non-hydrogen) atoms. The average Bonchev–Trinajstić information content (AvgIpc) is 2.28. The quantitative estimate of drug-likeness (QED) is 0.770. The summed E-state index contributed by atoms with van der Waals surface area (Å²) in [5.74, 6) is 0.531. The summed E-state index contributed by atoms with van der Waals surface area (Å²) in [6.07, 6.45) is 5.57. The molecule has 0 aromatic carbocycles. The Morgan fingerprint density at radius 1 is 1.25 bits per heavy atom. The lowest BCUT2D eigenvalue weighted by atomic mass is 9.76. The summed E-state index contributed by atoms with van der Waals surface area (Å²) < 4.78 is 27.0. The second kappa shape index (κ2) is 5.67. The first-order valence-electron chi connectivity index (χ1n) is 5.65. The van der Waals surface area contributed by atoms with Crippen LogP contribution in [0.15, 0.2) is 0 Å². The highest BCUT2D eigenvalue weighted by Gasteiger charge is 2.32. The van der Waals surface area contributed by atoms with Crippen LogP contribution in [0, 0.1) is 5.41 Å². The van der Waals surface area contributed by atoms with E-state index >= 15 is 0 Å². The fraction of sp³-hybridized carbons (Fsp3) is 1.00. The summed E-state index contributed by atoms with van der Waals surface area (Å²) in [5.41, 5.74) is -0.0388. The third-order valence-corrected chi connectivity index (χ3v) is 5.35. The zero-order valence-corrected chi connectivity index (χ0v) is 11.6. The van der Waals surface area contributed by atoms with Gasteiger partial charge in [0, 0.05) is 26.5 Å². The van der Waals surface area contributed by atoms with Gasteiger partial charge in [0.25, 0.3) is 10.2 Å². The molecule has 6 heteroatoms. The Hall–Kier alpha value is 0.160. The molecule has 1 rings (SSSR count). The van der Waals surface area contributed by atoms with Gasteiger partial charge in [0.1, 0.15) is 0 Å². The van der Waals surface area contributed by atoms with Crippen LogP contribution in [0.2, 0.25) is 0 Å². The summed E-state index contributed by atoms with van der Waals surface area (Å²) in [5, 5.41) is 0. The Labute approximate surface area is 104 Å². The average molecular weight is 269 g/mol. The van der Waals surface area contributed by atoms with E-state index in [2.05, 4.69) is 4.72 Å². The SMILES string of the molecule is CN(C)S(=O)(=O)NCC1(CCl)CCCCC1. The molecular weight excluding hydrogens is 248 g/mol. The van der Waals surface area contributed by atoms with E-state index < -0.39 is 10.2 Å². The molecule has 0 radical (unpaired) electrons. The molecule has 0 aromatic rings. The third kappa shape index (κ3) is 3.58. The van der Waals surface area contributed by atoms with E-state index in [-0.39, 0.29) is 5.41 Å². The Morgan fingerprint density at radius 2 is 1.81 bits per heavy atom. The molecule has 0 unspecified atom stereocenters. The normalized spacial score (nSPS) is 21.2. The Morgan fingerprint density at radius 3 is 2.25 bits per heavy atom. The molecule has 1 fully saturated rings. The molecule has 1 aliphatic rings. The van der Waals surface area contributed by atoms with Gasteiger partial charge in [-0.1, -0.05) is 19.3 Å². The molecule has 96 valence electrons. The Kier molecular flexibility index (Phi) is 5.04. The monoisotopic (exact) mass is 268 g/mol. The Bertz CT molecular complexity index is 311. The Balaban J connectivity index is 2.58. The fourth-order valence-corrected chi connectivity index (χ4v) is 3.14. The van der Waals surface area contributed by atoms with E-state index in [1.165, 1.54) is 24.8 Å². The molecule has 4 nitrogen and oxygen atoms in total. The molecule has 0 spiro atoms. The van der Waals surface area contributed by atoms with Crippen LogP contribution in [0.5, 0.6) is 0 Å². The van der Waals surface area contributed by atoms with Gasteiger partial charge < -0.3 is 0 Å². The second-order valence-electron chi connectivity index (χ2n) is 4.80. The standard InChI is InChI=1S/C10H21ClN2O2S/c1-13(2)16(14,15)12-9-10(8-11)6-4-3-5-7-10/h12H,3-9H2,1-2H3. The largest absolute Gasteiger partial charge is 0.278 e. The van der Waals surface area contributed by atoms with Crippen molar-refractivity contribution in [3.05, 3.63) is 0 Å². The van der Waals surface area contributed by atoms with Crippen LogP contribution in [0.1, 0.15) is 32.1 Å². The topological polar surface area (TPSA) is 49.4 Å². The van der Waals surface area contributed by atoms with Gasteiger partial charge in [0.2, 0.25) is 0 Å². The van der Waals surface area contributed by atoms with E-state index in [9.17, 15) is 8.42 Å². The van der Waals surface area contributed by atoms with Gasteiger partial charge >= 0.3 is 0 Å². The van der Waals surface area contributed by atoms with Crippen LogP contribution in [0.4, 0.5) is 0 Å². The highest BCUT2D eigenvalue weighted by Crippen LogP contribution is 2.36. The number of nitrogens with one attached hydrogen (secondary N) is 1. The minimum Gasteiger partial charge on any atom is -0.202 e. The first kappa shape index (κ1) is 14.2. The van der Waals surface area contributed by atoms with Crippen LogP contribution < -0.4 is 4.72 Å². The van der Waals surface area contributed by atoms with Crippen molar-refractivity contribution in [1.29, 1.82) is 0 Å². The third-order valence-electron chi connectivity index (χ3n) is 3.31. The summed E-state index contributed by atoms with van der Waals surface area (Å²) in [6.45, 7) is 0.455. The molecule has 1 saturated carbocycles. The summed E-state index contributed by atoms with van der Waals surface area (Å²) in [6, 6.07) is 0. The van der Waals surface area contributed by atoms with Gasteiger partial charge in [0.15, 0.2) is 0 Å². The lowest BCUT2D eigenvalue weighted by molar-refractivity contribution is 0.222. The van der Waals surface area contributed by atoms with Gasteiger partial charge in [-0.15, -0.1) is 11.6 Å². The van der Waals surface area contributed by atoms with E-state index in [1.54, 1.807) is 0 Å². The lowest BCUT2D eigenvalue weighted by Gasteiger charge is -2.35. The van der Waals surface area contributed by atoms with Gasteiger partial charge in [-0.2, -0.15) is 12.7 Å². The van der Waals surface area contributed by atoms with Crippen LogP contribution in [0.25, 0.3) is 0 Å². The maximum atomic E-state index is 11.6. The minimum atomic E-state index is -3.32. The van der Waals surface area contributed by atoms with Crippen molar-refractivity contribution in [3.8, 4) is 0 Å². The van der Waals surface area contributed by atoms with Crippen molar-refractivity contribution in [2.24, 2.45) is 5.41 Å². The summed E-state index contributed by atoms with van der Waals surface area (Å²) >= 11 is 6.00. The van der Waals surface area contributed by atoms with Crippen molar-refractivity contribution in [3.63, 3.8) is 0 Å². The first-order valence-corrected chi connectivity index (χ1v) is 7.62. The van der Waals surface area contributed by atoms with Gasteiger partial charge in [-0.25, -0.2) is 4.72 Å². The molecule has 0 bridgehead atoms. The highest BCUT2D eigenvalue weighted by molar-refractivity contribution is 7.87. The van der Waals surface area contributed by atoms with Gasteiger partial charge in [-0.05, 0) is 18.3 Å². The van der Waals surface area contributed by atoms with Crippen molar-refractivity contribution >= 4 is 21.8 Å². The van der Waals surface area contributed by atoms with Gasteiger partial charge in [0.05, 0.1) is 0 Å². The fourth-order valence-electron chi connectivity index (χ4n) is 2.03. The molecule has 0 atom stereocenters. The zero-order chi connectivity index (χ0) is 12.2. The molecule has 0 aliphatic heterocycles. The van der Waals surface area contributed by atoms with E-state index in [0.29, 0.717) is 12.4 Å². The van der Waals surface area contributed by atoms with Crippen LogP contribution in [0.3, 0.4) is 0 Å². The molecule has 1 N–H and O–H groups in total. The maximum Gasteiger partial charge on any atom is 0.278 e. The minimum absolute atomic E-state index is 0.0388. The number of alkyl halides is 1. The zero-order valence-electron chi connectivity index (χ0n) is 10.00. The van der Waals surface area contributed by atoms with Crippen molar-refractivity contribution in [2.45, 2.75) is 32.1 Å². The molecule has 0 saturated heterocycles. The van der Waals surface area contributed by atoms with E-state index in [1.807, 2.05) is 0 Å². The molecule has 0 amide bonds. The number of hydrogen-bond donors (Lipinski definition) is 1. The molecule has 0 aromatic heterocycles. The maximum absolute atomic E-state index is 11.6. The summed E-state index contributed by atoms with van der Waals surface area (Å²) in [7, 11) is -0.272. The molecule has 0 heterocycles. The number of nitrogens with zero attached hydrogens (tertiary/aromatic N) is 1. The van der Waals surface area contributed by atoms with E-state index in [0.717, 1.165) is 25.7 Å². The predicted molar refractivity (Wildman–Crippen MR) is 66.8 cm³/mol. The van der Waals surface area contributed by atoms with Crippen molar-refractivity contribution in [2.75, 3.05) is 26.5 Å². The van der Waals surface area contributed by atoms with Crippen molar-refractivity contribution in [1.82, 2.24) is 9.03 Å². The highest BCUT2D eigenvalue weighted by atomic mass is 35.5. The van der Waals surface area contributed by atoms with Crippen LogP contribution >= 0.6 is 11.6 Å². The molecular formula is C10H21ClN2O2S. The van der Waals surface area contributed by atoms with Crippen LogP contribution in [-0.2, 0) is 10.2 Å². The summed E-state index contributed by atoms with van der Waals surface area (Å²) in [4.78, 5) is 0. The smallest absolute Gasteiger partial charge is 0.202 e. The number of halogens is 1. The number of rotatable bonds is 5. The number of hydrogen-bond acceptors (Lipinski definition) is 2. The van der Waals surface area contributed by atoms with Crippen LogP contribution in [-0.4, -0.2) is 39.2 Å². The predicted octanol–water partition coefficient (Wildman–Crippen LogP) is 1.57. The lowest BCUT2D eigenvalue weighted by Crippen LogP contribution is -2.44. The second-order valence-corrected chi connectivity index (χ2v) is 7.04. The van der Waals surface area contributed by atoms with Gasteiger partial charge in [-0.3, -0.25) is 0 Å². The van der Waals surface area contributed by atoms with Crippen molar-refractivity contribution < 1.29 is 8.42 Å².